The smallest absolute Gasteiger partial charge is 0.872 e. The number of benzene rings is 2. The Morgan fingerprint density at radius 2 is 1.69 bits per heavy atom. The van der Waals surface area contributed by atoms with Gasteiger partial charge in [0.05, 0.1) is 17.2 Å². The maximum Gasteiger partial charge on any atom is 1.00 e. The molecule has 0 saturated carbocycles. The van der Waals surface area contributed by atoms with Gasteiger partial charge in [-0.15, -0.1) is 0 Å². The number of aliphatic carboxylic acids is 1. The molecule has 2 N–H and O–H groups in total. The molecule has 10 heteroatoms. The summed E-state index contributed by atoms with van der Waals surface area (Å²) < 4.78 is 0. The van der Waals surface area contributed by atoms with Gasteiger partial charge in [0, 0.05) is 6.42 Å². The number of azo groups is 1. The first-order valence-electron chi connectivity index (χ1n) is 6.81. The Kier molecular flexibility index (Phi) is 10.7. The van der Waals surface area contributed by atoms with Crippen LogP contribution in [-0.4, -0.2) is 28.2 Å². The van der Waals surface area contributed by atoms with Gasteiger partial charge >= 0.3 is 65.1 Å². The van der Waals surface area contributed by atoms with Gasteiger partial charge in [0.25, 0.3) is 0 Å². The van der Waals surface area contributed by atoms with Gasteiger partial charge in [-0.05, 0) is 29.8 Å². The molecule has 0 aliphatic heterocycles. The molecule has 0 amide bonds. The molecule has 1 unspecified atom stereocenters. The fourth-order valence-corrected chi connectivity index (χ4v) is 1.91. The predicted molar refractivity (Wildman–Crippen MR) is 78.0 cm³/mol. The molecule has 0 fully saturated rings. The van der Waals surface area contributed by atoms with Crippen molar-refractivity contribution in [3.8, 4) is 11.5 Å². The third-order valence-corrected chi connectivity index (χ3v) is 3.14. The van der Waals surface area contributed by atoms with Crippen molar-refractivity contribution in [2.24, 2.45) is 10.2 Å². The van der Waals surface area contributed by atoms with E-state index in [1.54, 1.807) is 0 Å². The topological polar surface area (TPSA) is 145 Å². The molecular weight excluding hydrogens is 362 g/mol. The first-order valence-corrected chi connectivity index (χ1v) is 6.81. The number of phenols is 1. The molecule has 0 saturated heterocycles. The van der Waals surface area contributed by atoms with Crippen LogP contribution >= 0.6 is 0 Å². The number of hydrogen-bond donors (Lipinski definition) is 2. The number of carboxylic acid groups (broad SMARTS) is 2. The van der Waals surface area contributed by atoms with Crippen LogP contribution in [0.2, 0.25) is 0 Å². The SMILES string of the molecule is O=C(O)c1cc(N=NC(Cc2ccc(O)cc2)C(=O)[O-])ccc1[O-].[Na+].[Na+]. The average molecular weight is 374 g/mol. The van der Waals surface area contributed by atoms with Gasteiger partial charge in [0.2, 0.25) is 0 Å². The Morgan fingerprint density at radius 3 is 2.23 bits per heavy atom. The van der Waals surface area contributed by atoms with Crippen LogP contribution in [0, 0.1) is 0 Å². The van der Waals surface area contributed by atoms with Crippen LogP contribution in [0.3, 0.4) is 0 Å². The van der Waals surface area contributed by atoms with E-state index < -0.39 is 29.3 Å². The van der Waals surface area contributed by atoms with E-state index in [0.29, 0.717) is 5.56 Å². The van der Waals surface area contributed by atoms with Crippen molar-refractivity contribution in [1.82, 2.24) is 0 Å². The van der Waals surface area contributed by atoms with Crippen LogP contribution in [0.1, 0.15) is 15.9 Å². The van der Waals surface area contributed by atoms with Crippen molar-refractivity contribution < 1.29 is 89.1 Å². The normalized spacial score (nSPS) is 11.2. The first-order chi connectivity index (χ1) is 11.4. The van der Waals surface area contributed by atoms with Gasteiger partial charge in [0.15, 0.2) is 0 Å². The molecule has 2 rings (SSSR count). The average Bonchev–Trinajstić information content (AvgIpc) is 2.54. The Balaban J connectivity index is 0.00000312. The number of carbonyl (C=O) groups is 2. The maximum absolute atomic E-state index is 11.4. The van der Waals surface area contributed by atoms with Crippen molar-refractivity contribution in [3.05, 3.63) is 53.6 Å². The third-order valence-electron chi connectivity index (χ3n) is 3.14. The molecular formula is C16H12N2Na2O6. The second-order valence-corrected chi connectivity index (χ2v) is 4.91. The van der Waals surface area contributed by atoms with Gasteiger partial charge in [-0.2, -0.15) is 10.2 Å². The van der Waals surface area contributed by atoms with Crippen LogP contribution < -0.4 is 69.3 Å². The van der Waals surface area contributed by atoms with Gasteiger partial charge in [-0.25, -0.2) is 4.79 Å². The number of aromatic carboxylic acids is 1. The monoisotopic (exact) mass is 374 g/mol. The quantitative estimate of drug-likeness (QED) is 0.381. The molecule has 0 aliphatic carbocycles. The van der Waals surface area contributed by atoms with Crippen molar-refractivity contribution in [2.45, 2.75) is 12.5 Å². The molecule has 0 aromatic heterocycles. The van der Waals surface area contributed by atoms with E-state index in [1.807, 2.05) is 0 Å². The Labute approximate surface area is 193 Å². The first kappa shape index (κ1) is 24.6. The fraction of sp³-hybridized carbons (Fsp3) is 0.125. The number of nitrogens with zero attached hydrogens (tertiary/aromatic N) is 2. The van der Waals surface area contributed by atoms with E-state index in [1.165, 1.54) is 30.3 Å². The van der Waals surface area contributed by atoms with Crippen LogP contribution in [0.4, 0.5) is 5.69 Å². The molecule has 2 aromatic carbocycles. The van der Waals surface area contributed by atoms with E-state index in [2.05, 4.69) is 10.2 Å². The minimum absolute atomic E-state index is 0. The van der Waals surface area contributed by atoms with Crippen LogP contribution in [-0.2, 0) is 11.2 Å². The summed E-state index contributed by atoms with van der Waals surface area (Å²) in [4.78, 5) is 22.1. The molecule has 26 heavy (non-hydrogen) atoms. The third kappa shape index (κ3) is 7.06. The van der Waals surface area contributed by atoms with E-state index in [4.69, 9.17) is 5.11 Å². The maximum atomic E-state index is 11.4. The van der Waals surface area contributed by atoms with E-state index in [-0.39, 0.29) is 77.0 Å². The zero-order valence-electron chi connectivity index (χ0n) is 14.2. The zero-order valence-corrected chi connectivity index (χ0v) is 18.2. The van der Waals surface area contributed by atoms with Gasteiger partial charge in [-0.1, -0.05) is 23.9 Å². The predicted octanol–water partition coefficient (Wildman–Crippen LogP) is -5.38. The van der Waals surface area contributed by atoms with Crippen molar-refractivity contribution in [3.63, 3.8) is 0 Å². The van der Waals surface area contributed by atoms with Gasteiger partial charge in [0.1, 0.15) is 11.8 Å². The van der Waals surface area contributed by atoms with Crippen molar-refractivity contribution in [2.75, 3.05) is 0 Å². The number of carboxylic acids is 2. The summed E-state index contributed by atoms with van der Waals surface area (Å²) in [5.74, 6) is -3.49. The minimum atomic E-state index is -1.45. The Bertz CT molecular complexity index is 796. The number of phenolic OH excluding ortho intramolecular Hbond substituents is 1. The van der Waals surface area contributed by atoms with Crippen LogP contribution in [0.15, 0.2) is 52.7 Å². The minimum Gasteiger partial charge on any atom is -0.872 e. The Morgan fingerprint density at radius 1 is 1.08 bits per heavy atom. The van der Waals surface area contributed by atoms with Gasteiger partial charge in [-0.3, -0.25) is 0 Å². The van der Waals surface area contributed by atoms with E-state index >= 15 is 0 Å². The molecule has 124 valence electrons. The zero-order chi connectivity index (χ0) is 17.7. The largest absolute Gasteiger partial charge is 1.00 e. The van der Waals surface area contributed by atoms with Crippen LogP contribution in [0.5, 0.6) is 11.5 Å². The molecule has 0 aliphatic rings. The molecule has 0 spiro atoms. The van der Waals surface area contributed by atoms with Crippen molar-refractivity contribution >= 4 is 17.6 Å². The second kappa shape index (κ2) is 11.3. The van der Waals surface area contributed by atoms with Crippen LogP contribution in [0.25, 0.3) is 0 Å². The molecule has 8 nitrogen and oxygen atoms in total. The van der Waals surface area contributed by atoms with E-state index in [0.717, 1.165) is 12.1 Å². The van der Waals surface area contributed by atoms with Crippen molar-refractivity contribution in [1.29, 1.82) is 0 Å². The Hall–Kier alpha value is -1.42. The summed E-state index contributed by atoms with van der Waals surface area (Å²) >= 11 is 0. The molecule has 0 bridgehead atoms. The summed E-state index contributed by atoms with van der Waals surface area (Å²) in [6, 6.07) is 7.87. The second-order valence-electron chi connectivity index (χ2n) is 4.91. The molecule has 2 aromatic rings. The summed E-state index contributed by atoms with van der Waals surface area (Å²) in [6.45, 7) is 0. The number of rotatable bonds is 6. The number of carbonyl (C=O) groups excluding carboxylic acids is 1. The number of hydrogen-bond acceptors (Lipinski definition) is 7. The molecule has 1 atom stereocenters. The fourth-order valence-electron chi connectivity index (χ4n) is 1.91. The van der Waals surface area contributed by atoms with E-state index in [9.17, 15) is 24.9 Å². The standard InChI is InChI=1S/C16H14N2O6.2Na/c19-11-4-1-9(2-5-11)7-13(16(23)24)18-17-10-3-6-14(20)12(8-10)15(21)22;;/h1-6,8,13,19-20H,7H2,(H,21,22)(H,23,24);;/q;2*+1/p-2. The molecule has 0 radical (unpaired) electrons. The number of aromatic hydroxyl groups is 1. The summed E-state index contributed by atoms with van der Waals surface area (Å²) in [5.41, 5.74) is 0.168. The molecule has 0 heterocycles. The summed E-state index contributed by atoms with van der Waals surface area (Å²) in [7, 11) is 0. The van der Waals surface area contributed by atoms with Gasteiger partial charge < -0.3 is 25.2 Å². The summed E-state index contributed by atoms with van der Waals surface area (Å²) in [5, 5.41) is 47.9. The summed E-state index contributed by atoms with van der Waals surface area (Å²) in [6.07, 6.45) is -0.0163.